The van der Waals surface area contributed by atoms with Crippen molar-refractivity contribution in [1.82, 2.24) is 4.72 Å². The normalized spacial score (nSPS) is 11.8. The third-order valence-corrected chi connectivity index (χ3v) is 5.52. The van der Waals surface area contributed by atoms with Crippen LogP contribution in [0.2, 0.25) is 0 Å². The lowest BCUT2D eigenvalue weighted by molar-refractivity contribution is 0.554. The topological polar surface area (TPSA) is 72.2 Å². The number of nitrogen functional groups attached to an aromatic ring is 1. The van der Waals surface area contributed by atoms with Crippen molar-refractivity contribution in [3.63, 3.8) is 0 Å². The summed E-state index contributed by atoms with van der Waals surface area (Å²) in [6.07, 6.45) is 0. The first-order chi connectivity index (χ1) is 9.29. The number of rotatable bonds is 4. The Balaban J connectivity index is 2.27. The lowest BCUT2D eigenvalue weighted by Gasteiger charge is -2.09. The maximum atomic E-state index is 13.9. The number of benzene rings is 1. The van der Waals surface area contributed by atoms with Gasteiger partial charge in [0.1, 0.15) is 4.90 Å². The van der Waals surface area contributed by atoms with E-state index < -0.39 is 20.7 Å². The molecule has 0 bridgehead atoms. The molecule has 4 nitrogen and oxygen atoms in total. The Hall–Kier alpha value is -0.960. The summed E-state index contributed by atoms with van der Waals surface area (Å²) in [5.74, 6) is -0.853. The van der Waals surface area contributed by atoms with E-state index in [2.05, 4.69) is 20.7 Å². The second-order valence-electron chi connectivity index (χ2n) is 4.15. The molecule has 0 spiro atoms. The van der Waals surface area contributed by atoms with Crippen molar-refractivity contribution < 1.29 is 12.8 Å². The molecular formula is C12H12BrFN2O2S2. The summed E-state index contributed by atoms with van der Waals surface area (Å²) >= 11 is 4.42. The predicted molar refractivity (Wildman–Crippen MR) is 81.6 cm³/mol. The van der Waals surface area contributed by atoms with Crippen molar-refractivity contribution >= 4 is 43.0 Å². The minimum atomic E-state index is -3.95. The van der Waals surface area contributed by atoms with E-state index in [0.29, 0.717) is 0 Å². The molecule has 3 N–H and O–H groups in total. The van der Waals surface area contributed by atoms with Crippen LogP contribution in [0.3, 0.4) is 0 Å². The number of sulfonamides is 1. The largest absolute Gasteiger partial charge is 0.399 e. The van der Waals surface area contributed by atoms with Gasteiger partial charge in [-0.1, -0.05) is 0 Å². The van der Waals surface area contributed by atoms with Crippen LogP contribution in [0.25, 0.3) is 0 Å². The van der Waals surface area contributed by atoms with Gasteiger partial charge in [0.2, 0.25) is 10.0 Å². The van der Waals surface area contributed by atoms with Crippen molar-refractivity contribution in [3.8, 4) is 0 Å². The Labute approximate surface area is 129 Å². The van der Waals surface area contributed by atoms with Crippen molar-refractivity contribution in [3.05, 3.63) is 44.3 Å². The summed E-state index contributed by atoms with van der Waals surface area (Å²) in [4.78, 5) is 1.48. The maximum absolute atomic E-state index is 13.9. The molecule has 0 saturated heterocycles. The molecule has 1 aromatic heterocycles. The third-order valence-electron chi connectivity index (χ3n) is 2.54. The standard InChI is InChI=1S/C12H12BrFN2O2S2/c1-7-2-3-9(19-7)6-16-20(17,18)11-5-8(15)4-10(13)12(11)14/h2-5,16H,6,15H2,1H3. The van der Waals surface area contributed by atoms with Gasteiger partial charge < -0.3 is 5.73 Å². The van der Waals surface area contributed by atoms with Crippen LogP contribution in [0.4, 0.5) is 10.1 Å². The van der Waals surface area contributed by atoms with Crippen molar-refractivity contribution in [2.45, 2.75) is 18.4 Å². The first-order valence-electron chi connectivity index (χ1n) is 5.59. The Kier molecular flexibility index (Phi) is 4.48. The second-order valence-corrected chi connectivity index (χ2v) is 8.11. The fourth-order valence-electron chi connectivity index (χ4n) is 1.60. The molecule has 0 aliphatic heterocycles. The van der Waals surface area contributed by atoms with Crippen molar-refractivity contribution in [2.24, 2.45) is 0 Å². The number of aryl methyl sites for hydroxylation is 1. The molecule has 2 rings (SSSR count). The van der Waals surface area contributed by atoms with Crippen LogP contribution in [-0.4, -0.2) is 8.42 Å². The zero-order chi connectivity index (χ0) is 14.9. The van der Waals surface area contributed by atoms with E-state index in [1.54, 1.807) is 0 Å². The van der Waals surface area contributed by atoms with Gasteiger partial charge in [-0.25, -0.2) is 17.5 Å². The Bertz CT molecular complexity index is 744. The SMILES string of the molecule is Cc1ccc(CNS(=O)(=O)c2cc(N)cc(Br)c2F)s1. The minimum Gasteiger partial charge on any atom is -0.399 e. The fourth-order valence-corrected chi connectivity index (χ4v) is 4.27. The Morgan fingerprint density at radius 3 is 2.70 bits per heavy atom. The van der Waals surface area contributed by atoms with Gasteiger partial charge in [0.05, 0.1) is 4.47 Å². The van der Waals surface area contributed by atoms with E-state index in [0.717, 1.165) is 15.8 Å². The number of hydrogen-bond donors (Lipinski definition) is 2. The van der Waals surface area contributed by atoms with Gasteiger partial charge in [0.25, 0.3) is 0 Å². The first-order valence-corrected chi connectivity index (χ1v) is 8.68. The highest BCUT2D eigenvalue weighted by molar-refractivity contribution is 9.10. The van der Waals surface area contributed by atoms with Gasteiger partial charge in [0, 0.05) is 22.0 Å². The number of nitrogens with two attached hydrogens (primary N) is 1. The highest BCUT2D eigenvalue weighted by Gasteiger charge is 2.21. The summed E-state index contributed by atoms with van der Waals surface area (Å²) in [5.41, 5.74) is 5.72. The molecule has 1 heterocycles. The van der Waals surface area contributed by atoms with Gasteiger partial charge in [-0.15, -0.1) is 11.3 Å². The molecule has 2 aromatic rings. The number of thiophene rings is 1. The van der Waals surface area contributed by atoms with E-state index in [9.17, 15) is 12.8 Å². The zero-order valence-electron chi connectivity index (χ0n) is 10.5. The van der Waals surface area contributed by atoms with Gasteiger partial charge in [0.15, 0.2) is 5.82 Å². The van der Waals surface area contributed by atoms with Crippen LogP contribution in [-0.2, 0) is 16.6 Å². The highest BCUT2D eigenvalue weighted by atomic mass is 79.9. The van der Waals surface area contributed by atoms with Gasteiger partial charge in [-0.3, -0.25) is 0 Å². The van der Waals surface area contributed by atoms with E-state index in [1.165, 1.54) is 17.4 Å². The molecule has 108 valence electrons. The molecule has 0 unspecified atom stereocenters. The molecule has 0 aliphatic rings. The second kappa shape index (κ2) is 5.80. The summed E-state index contributed by atoms with van der Waals surface area (Å²) in [6.45, 7) is 2.05. The number of anilines is 1. The highest BCUT2D eigenvalue weighted by Crippen LogP contribution is 2.26. The maximum Gasteiger partial charge on any atom is 0.243 e. The fraction of sp³-hybridized carbons (Fsp3) is 0.167. The lowest BCUT2D eigenvalue weighted by atomic mass is 10.3. The smallest absolute Gasteiger partial charge is 0.243 e. The molecule has 0 amide bonds. The van der Waals surface area contributed by atoms with Crippen LogP contribution >= 0.6 is 27.3 Å². The average Bonchev–Trinajstić information content (AvgIpc) is 2.77. The van der Waals surface area contributed by atoms with E-state index >= 15 is 0 Å². The molecule has 1 aromatic carbocycles. The first kappa shape index (κ1) is 15.4. The van der Waals surface area contributed by atoms with Crippen LogP contribution in [0.5, 0.6) is 0 Å². The van der Waals surface area contributed by atoms with E-state index in [4.69, 9.17) is 5.73 Å². The van der Waals surface area contributed by atoms with Crippen LogP contribution in [0.1, 0.15) is 9.75 Å². The number of hydrogen-bond acceptors (Lipinski definition) is 4. The van der Waals surface area contributed by atoms with E-state index in [1.807, 2.05) is 19.1 Å². The predicted octanol–water partition coefficient (Wildman–Crippen LogP) is 3.02. The van der Waals surface area contributed by atoms with Gasteiger partial charge in [-0.2, -0.15) is 0 Å². The van der Waals surface area contributed by atoms with Crippen molar-refractivity contribution in [1.29, 1.82) is 0 Å². The molecule has 8 heteroatoms. The third kappa shape index (κ3) is 3.38. The van der Waals surface area contributed by atoms with Crippen molar-refractivity contribution in [2.75, 3.05) is 5.73 Å². The number of halogens is 2. The van der Waals surface area contributed by atoms with Gasteiger partial charge >= 0.3 is 0 Å². The van der Waals surface area contributed by atoms with Crippen LogP contribution in [0, 0.1) is 12.7 Å². The van der Waals surface area contributed by atoms with E-state index in [-0.39, 0.29) is 16.7 Å². The molecule has 0 radical (unpaired) electrons. The molecule has 0 atom stereocenters. The van der Waals surface area contributed by atoms with Crippen LogP contribution < -0.4 is 10.5 Å². The zero-order valence-corrected chi connectivity index (χ0v) is 13.7. The lowest BCUT2D eigenvalue weighted by Crippen LogP contribution is -2.24. The molecule has 0 fully saturated rings. The molecular weight excluding hydrogens is 367 g/mol. The Morgan fingerprint density at radius 1 is 1.40 bits per heavy atom. The molecule has 0 aliphatic carbocycles. The molecule has 0 saturated carbocycles. The summed E-state index contributed by atoms with van der Waals surface area (Å²) in [6, 6.07) is 6.14. The number of nitrogens with one attached hydrogen (secondary N) is 1. The quantitative estimate of drug-likeness (QED) is 0.803. The van der Waals surface area contributed by atoms with Gasteiger partial charge in [-0.05, 0) is 47.1 Å². The summed E-state index contributed by atoms with van der Waals surface area (Å²) < 4.78 is 40.5. The van der Waals surface area contributed by atoms with Crippen LogP contribution in [0.15, 0.2) is 33.6 Å². The monoisotopic (exact) mass is 378 g/mol. The summed E-state index contributed by atoms with van der Waals surface area (Å²) in [7, 11) is -3.95. The Morgan fingerprint density at radius 2 is 2.10 bits per heavy atom. The summed E-state index contributed by atoms with van der Waals surface area (Å²) in [5, 5.41) is 0. The molecule has 20 heavy (non-hydrogen) atoms. The minimum absolute atomic E-state index is 0.0184. The average molecular weight is 379 g/mol.